The van der Waals surface area contributed by atoms with Gasteiger partial charge in [0.15, 0.2) is 0 Å². The first-order chi connectivity index (χ1) is 19.5. The molecule has 0 aliphatic carbocycles. The van der Waals surface area contributed by atoms with Gasteiger partial charge in [-0.05, 0) is 103 Å². The van der Waals surface area contributed by atoms with Crippen LogP contribution in [-0.2, 0) is 4.74 Å². The van der Waals surface area contributed by atoms with Gasteiger partial charge in [0, 0.05) is 0 Å². The summed E-state index contributed by atoms with van der Waals surface area (Å²) in [7, 11) is 2.25. The Labute approximate surface area is 249 Å². The average Bonchev–Trinajstić information content (AvgIpc) is 2.94. The quantitative estimate of drug-likeness (QED) is 0.0648. The number of unbranched alkanes of at least 4 members (excludes halogenated alkanes) is 14. The number of rotatable bonds is 26. The van der Waals surface area contributed by atoms with Gasteiger partial charge in [0.25, 0.3) is 0 Å². The smallest absolute Gasteiger partial charge is 0.450 e. The van der Waals surface area contributed by atoms with Gasteiger partial charge in [0.05, 0.1) is 0 Å². The zero-order chi connectivity index (χ0) is 29.1. The van der Waals surface area contributed by atoms with Crippen LogP contribution in [0.25, 0.3) is 0 Å². The Bertz CT molecular complexity index is 624. The summed E-state index contributed by atoms with van der Waals surface area (Å²) in [5.74, 6) is 1.83. The van der Waals surface area contributed by atoms with Gasteiger partial charge in [-0.3, -0.25) is 0 Å². The second-order valence-corrected chi connectivity index (χ2v) is 12.7. The molecule has 0 spiro atoms. The molecule has 1 fully saturated rings. The van der Waals surface area contributed by atoms with Crippen molar-refractivity contribution in [1.29, 1.82) is 0 Å². The molecule has 0 bridgehead atoms. The number of hydrogen-bond acceptors (Lipinski definition) is 3. The van der Waals surface area contributed by atoms with E-state index < -0.39 is 6.16 Å². The first-order valence-electron chi connectivity index (χ1n) is 17.4. The molecule has 1 aliphatic heterocycles. The molecule has 1 saturated heterocycles. The molecule has 4 heteroatoms. The van der Waals surface area contributed by atoms with Crippen molar-refractivity contribution in [1.82, 2.24) is 4.90 Å². The molecule has 2 atom stereocenters. The molecular formula is C36H67NO3. The predicted octanol–water partition coefficient (Wildman–Crippen LogP) is 11.4. The van der Waals surface area contributed by atoms with Crippen LogP contribution in [0.5, 0.6) is 0 Å². The molecule has 0 amide bonds. The zero-order valence-electron chi connectivity index (χ0n) is 26.9. The maximum absolute atomic E-state index is 11.1. The Hall–Kier alpha value is -1.29. The minimum Gasteiger partial charge on any atom is -0.450 e. The zero-order valence-corrected chi connectivity index (χ0v) is 26.9. The molecule has 40 heavy (non-hydrogen) atoms. The van der Waals surface area contributed by atoms with E-state index >= 15 is 0 Å². The molecule has 0 aromatic heterocycles. The lowest BCUT2D eigenvalue weighted by Crippen LogP contribution is -2.32. The van der Waals surface area contributed by atoms with Crippen molar-refractivity contribution < 1.29 is 14.6 Å². The van der Waals surface area contributed by atoms with E-state index in [0.717, 1.165) is 43.9 Å². The number of ether oxygens (including phenoxy) is 1. The SMILES string of the molecule is CCCCCC=CCC=CCCCCCCCC(CCCCCCCCCC(C)C1CCN(C)CC1)OC(=O)O. The highest BCUT2D eigenvalue weighted by Crippen LogP contribution is 2.28. The molecule has 1 heterocycles. The molecular weight excluding hydrogens is 494 g/mol. The number of piperidine rings is 1. The monoisotopic (exact) mass is 562 g/mol. The van der Waals surface area contributed by atoms with Gasteiger partial charge in [-0.1, -0.05) is 115 Å². The number of nitrogens with zero attached hydrogens (tertiary/aromatic N) is 1. The molecule has 0 aromatic carbocycles. The fraction of sp³-hybridized carbons (Fsp3) is 0.861. The third kappa shape index (κ3) is 22.4. The summed E-state index contributed by atoms with van der Waals surface area (Å²) in [4.78, 5) is 13.6. The average molecular weight is 562 g/mol. The molecule has 0 radical (unpaired) electrons. The van der Waals surface area contributed by atoms with Crippen LogP contribution < -0.4 is 0 Å². The van der Waals surface area contributed by atoms with E-state index in [4.69, 9.17) is 9.84 Å². The molecule has 0 aromatic rings. The molecule has 1 rings (SSSR count). The summed E-state index contributed by atoms with van der Waals surface area (Å²) >= 11 is 0. The highest BCUT2D eigenvalue weighted by atomic mass is 16.7. The molecule has 234 valence electrons. The lowest BCUT2D eigenvalue weighted by molar-refractivity contribution is 0.0422. The summed E-state index contributed by atoms with van der Waals surface area (Å²) in [5, 5.41) is 9.13. The standard InChI is InChI=1S/C36H67NO3/c1-4-5-6-7-8-9-10-11-12-13-14-15-18-21-24-27-35(40-36(38)39)28-25-22-19-16-17-20-23-26-33(2)34-29-31-37(3)32-30-34/h8-9,11-12,33-35H,4-7,10,13-32H2,1-3H3,(H,38,39). The van der Waals surface area contributed by atoms with Crippen LogP contribution in [0.4, 0.5) is 4.79 Å². The lowest BCUT2D eigenvalue weighted by atomic mass is 9.82. The Kier molecular flexibility index (Phi) is 24.4. The van der Waals surface area contributed by atoms with E-state index in [0.29, 0.717) is 0 Å². The summed E-state index contributed by atoms with van der Waals surface area (Å²) in [5.41, 5.74) is 0. The van der Waals surface area contributed by atoms with Crippen molar-refractivity contribution >= 4 is 6.16 Å². The maximum Gasteiger partial charge on any atom is 0.506 e. The fourth-order valence-electron chi connectivity index (χ4n) is 6.14. The summed E-state index contributed by atoms with van der Waals surface area (Å²) in [6.45, 7) is 7.28. The molecule has 4 nitrogen and oxygen atoms in total. The first kappa shape index (κ1) is 36.7. The summed E-state index contributed by atoms with van der Waals surface area (Å²) < 4.78 is 5.21. The van der Waals surface area contributed by atoms with Gasteiger partial charge in [-0.2, -0.15) is 0 Å². The predicted molar refractivity (Wildman–Crippen MR) is 173 cm³/mol. The third-order valence-corrected chi connectivity index (χ3v) is 9.00. The van der Waals surface area contributed by atoms with E-state index in [-0.39, 0.29) is 6.10 Å². The van der Waals surface area contributed by atoms with Gasteiger partial charge < -0.3 is 14.7 Å². The van der Waals surface area contributed by atoms with Gasteiger partial charge in [-0.25, -0.2) is 4.79 Å². The Morgan fingerprint density at radius 2 is 1.23 bits per heavy atom. The molecule has 2 unspecified atom stereocenters. The van der Waals surface area contributed by atoms with E-state index in [2.05, 4.69) is 50.1 Å². The minimum absolute atomic E-state index is 0.114. The van der Waals surface area contributed by atoms with Crippen LogP contribution in [0.2, 0.25) is 0 Å². The number of carbonyl (C=O) groups is 1. The summed E-state index contributed by atoms with van der Waals surface area (Å²) in [6, 6.07) is 0. The number of allylic oxidation sites excluding steroid dienone is 4. The van der Waals surface area contributed by atoms with Crippen LogP contribution in [0, 0.1) is 11.8 Å². The second kappa shape index (κ2) is 26.6. The van der Waals surface area contributed by atoms with Gasteiger partial charge >= 0.3 is 6.16 Å². The number of hydrogen-bond donors (Lipinski definition) is 1. The van der Waals surface area contributed by atoms with E-state index in [1.165, 1.54) is 129 Å². The highest BCUT2D eigenvalue weighted by molar-refractivity contribution is 5.57. The van der Waals surface area contributed by atoms with E-state index in [1.54, 1.807) is 0 Å². The van der Waals surface area contributed by atoms with Gasteiger partial charge in [0.1, 0.15) is 6.10 Å². The van der Waals surface area contributed by atoms with Crippen molar-refractivity contribution in [3.05, 3.63) is 24.3 Å². The number of likely N-dealkylation sites (tertiary alicyclic amines) is 1. The Morgan fingerprint density at radius 1 is 0.750 bits per heavy atom. The van der Waals surface area contributed by atoms with Crippen LogP contribution >= 0.6 is 0 Å². The van der Waals surface area contributed by atoms with Crippen molar-refractivity contribution in [3.63, 3.8) is 0 Å². The van der Waals surface area contributed by atoms with Crippen LogP contribution in [0.1, 0.15) is 162 Å². The van der Waals surface area contributed by atoms with Crippen molar-refractivity contribution in [2.45, 2.75) is 168 Å². The topological polar surface area (TPSA) is 49.8 Å². The van der Waals surface area contributed by atoms with E-state index in [1.807, 2.05) is 0 Å². The highest BCUT2D eigenvalue weighted by Gasteiger charge is 2.21. The van der Waals surface area contributed by atoms with Crippen LogP contribution in [0.15, 0.2) is 24.3 Å². The third-order valence-electron chi connectivity index (χ3n) is 9.00. The Morgan fingerprint density at radius 3 is 1.75 bits per heavy atom. The molecule has 0 saturated carbocycles. The van der Waals surface area contributed by atoms with Crippen LogP contribution in [0.3, 0.4) is 0 Å². The van der Waals surface area contributed by atoms with Crippen molar-refractivity contribution in [2.24, 2.45) is 11.8 Å². The fourth-order valence-corrected chi connectivity index (χ4v) is 6.14. The van der Waals surface area contributed by atoms with Crippen molar-refractivity contribution in [2.75, 3.05) is 20.1 Å². The van der Waals surface area contributed by atoms with Crippen molar-refractivity contribution in [3.8, 4) is 0 Å². The summed E-state index contributed by atoms with van der Waals surface area (Å²) in [6.07, 6.45) is 36.4. The first-order valence-corrected chi connectivity index (χ1v) is 17.4. The Balaban J connectivity index is 1.95. The van der Waals surface area contributed by atoms with E-state index in [9.17, 15) is 4.79 Å². The minimum atomic E-state index is -1.11. The molecule has 1 aliphatic rings. The van der Waals surface area contributed by atoms with Gasteiger partial charge in [0.2, 0.25) is 0 Å². The second-order valence-electron chi connectivity index (χ2n) is 12.7. The largest absolute Gasteiger partial charge is 0.506 e. The molecule has 1 N–H and O–H groups in total. The number of carboxylic acid groups (broad SMARTS) is 1. The maximum atomic E-state index is 11.1. The van der Waals surface area contributed by atoms with Gasteiger partial charge in [-0.15, -0.1) is 0 Å². The normalized spacial score (nSPS) is 16.7. The lowest BCUT2D eigenvalue weighted by Gasteiger charge is -2.32. The van der Waals surface area contributed by atoms with Crippen LogP contribution in [-0.4, -0.2) is 42.4 Å².